The summed E-state index contributed by atoms with van der Waals surface area (Å²) in [4.78, 5) is 11.5. The first-order valence-corrected chi connectivity index (χ1v) is 10.8. The minimum Gasteiger partial charge on any atom is -0.362 e. The van der Waals surface area contributed by atoms with Crippen LogP contribution in [0.4, 0.5) is 20.5 Å². The van der Waals surface area contributed by atoms with Crippen LogP contribution < -0.4 is 15.5 Å². The van der Waals surface area contributed by atoms with Gasteiger partial charge in [-0.15, -0.1) is 0 Å². The van der Waals surface area contributed by atoms with Gasteiger partial charge >= 0.3 is 0 Å². The van der Waals surface area contributed by atoms with Crippen LogP contribution in [-0.4, -0.2) is 36.6 Å². The van der Waals surface area contributed by atoms with Gasteiger partial charge in [0.1, 0.15) is 5.82 Å². The van der Waals surface area contributed by atoms with Crippen molar-refractivity contribution in [3.8, 4) is 0 Å². The molecule has 1 fully saturated rings. The Morgan fingerprint density at radius 3 is 2.48 bits per heavy atom. The van der Waals surface area contributed by atoms with Crippen molar-refractivity contribution in [2.24, 2.45) is 5.92 Å². The van der Waals surface area contributed by atoms with Gasteiger partial charge in [0, 0.05) is 32.1 Å². The lowest BCUT2D eigenvalue weighted by atomic mass is 9.86. The van der Waals surface area contributed by atoms with Crippen molar-refractivity contribution in [3.05, 3.63) is 59.7 Å². The number of anilines is 2. The highest BCUT2D eigenvalue weighted by Crippen LogP contribution is 2.28. The van der Waals surface area contributed by atoms with Crippen LogP contribution in [0, 0.1) is 17.6 Å². The van der Waals surface area contributed by atoms with Crippen LogP contribution in [0.5, 0.6) is 0 Å². The van der Waals surface area contributed by atoms with Gasteiger partial charge in [-0.05, 0) is 68.0 Å². The Labute approximate surface area is 181 Å². The van der Waals surface area contributed by atoms with E-state index >= 15 is 0 Å². The van der Waals surface area contributed by atoms with Crippen molar-refractivity contribution in [1.82, 2.24) is 15.3 Å². The number of hydrogen-bond acceptors (Lipinski definition) is 5. The molecule has 31 heavy (non-hydrogen) atoms. The van der Waals surface area contributed by atoms with Crippen molar-refractivity contribution >= 4 is 22.7 Å². The molecule has 5 nitrogen and oxygen atoms in total. The topological polar surface area (TPSA) is 53.1 Å². The normalized spacial score (nSPS) is 18.8. The Bertz CT molecular complexity index is 1030. The lowest BCUT2D eigenvalue weighted by Crippen LogP contribution is -2.31. The highest BCUT2D eigenvalue weighted by Gasteiger charge is 2.22. The molecule has 1 aliphatic carbocycles. The van der Waals surface area contributed by atoms with Gasteiger partial charge in [-0.2, -0.15) is 4.98 Å². The highest BCUT2D eigenvalue weighted by atomic mass is 19.2. The molecule has 2 N–H and O–H groups in total. The van der Waals surface area contributed by atoms with Crippen molar-refractivity contribution in [2.45, 2.75) is 38.3 Å². The standard InChI is InChI=1S/C24H29F2N5/c1-31(2)23-19-5-3-4-6-22(19)29-24(30-23)28-18-10-7-16(8-11-18)14-27-15-17-9-12-20(25)21(26)13-17/h3-6,9,12-13,16,18,27H,7-8,10-11,14-15H2,1-2H3,(H,28,29,30)/t16-,18+. The monoisotopic (exact) mass is 425 g/mol. The number of fused-ring (bicyclic) bond motifs is 1. The summed E-state index contributed by atoms with van der Waals surface area (Å²) in [5.41, 5.74) is 1.71. The first kappa shape index (κ1) is 21.4. The van der Waals surface area contributed by atoms with Crippen LogP contribution in [-0.2, 0) is 6.54 Å². The molecule has 0 spiro atoms. The minimum absolute atomic E-state index is 0.360. The van der Waals surface area contributed by atoms with Gasteiger partial charge in [-0.25, -0.2) is 13.8 Å². The fraction of sp³-hybridized carbons (Fsp3) is 0.417. The van der Waals surface area contributed by atoms with Gasteiger partial charge in [0.15, 0.2) is 11.6 Å². The molecular formula is C24H29F2N5. The Hall–Kier alpha value is -2.80. The maximum atomic E-state index is 13.3. The Balaban J connectivity index is 1.29. The molecule has 0 radical (unpaired) electrons. The van der Waals surface area contributed by atoms with Gasteiger partial charge in [0.2, 0.25) is 5.95 Å². The quantitative estimate of drug-likeness (QED) is 0.573. The first-order valence-electron chi connectivity index (χ1n) is 10.8. The molecule has 0 amide bonds. The van der Waals surface area contributed by atoms with Crippen molar-refractivity contribution in [3.63, 3.8) is 0 Å². The second-order valence-electron chi connectivity index (χ2n) is 8.52. The van der Waals surface area contributed by atoms with Crippen molar-refractivity contribution < 1.29 is 8.78 Å². The van der Waals surface area contributed by atoms with E-state index in [0.717, 1.165) is 54.5 Å². The molecule has 164 valence electrons. The molecule has 1 saturated carbocycles. The van der Waals surface area contributed by atoms with E-state index in [0.29, 0.717) is 24.5 Å². The maximum Gasteiger partial charge on any atom is 0.225 e. The van der Waals surface area contributed by atoms with Gasteiger partial charge in [0.05, 0.1) is 5.52 Å². The molecule has 2 aromatic carbocycles. The van der Waals surface area contributed by atoms with E-state index in [2.05, 4.69) is 10.6 Å². The van der Waals surface area contributed by atoms with E-state index < -0.39 is 11.6 Å². The average molecular weight is 426 g/mol. The number of para-hydroxylation sites is 1. The predicted octanol–water partition coefficient (Wildman–Crippen LogP) is 4.73. The smallest absolute Gasteiger partial charge is 0.225 e. The molecule has 0 aliphatic heterocycles. The lowest BCUT2D eigenvalue weighted by Gasteiger charge is -2.29. The maximum absolute atomic E-state index is 13.3. The Kier molecular flexibility index (Phi) is 6.61. The Morgan fingerprint density at radius 2 is 1.74 bits per heavy atom. The zero-order valence-corrected chi connectivity index (χ0v) is 18.0. The molecule has 3 aromatic rings. The number of nitrogens with one attached hydrogen (secondary N) is 2. The molecular weight excluding hydrogens is 396 g/mol. The number of rotatable bonds is 7. The van der Waals surface area contributed by atoms with Gasteiger partial charge in [-0.3, -0.25) is 0 Å². The first-order chi connectivity index (χ1) is 15.0. The van der Waals surface area contributed by atoms with Crippen molar-refractivity contribution in [2.75, 3.05) is 30.9 Å². The molecule has 0 saturated heterocycles. The summed E-state index contributed by atoms with van der Waals surface area (Å²) in [6.07, 6.45) is 4.34. The third-order valence-corrected chi connectivity index (χ3v) is 5.93. The summed E-state index contributed by atoms with van der Waals surface area (Å²) in [5, 5.41) is 7.97. The predicted molar refractivity (Wildman–Crippen MR) is 121 cm³/mol. The largest absolute Gasteiger partial charge is 0.362 e. The van der Waals surface area contributed by atoms with E-state index in [-0.39, 0.29) is 0 Å². The summed E-state index contributed by atoms with van der Waals surface area (Å²) in [6, 6.07) is 12.5. The van der Waals surface area contributed by atoms with Crippen LogP contribution >= 0.6 is 0 Å². The summed E-state index contributed by atoms with van der Waals surface area (Å²) in [7, 11) is 3.99. The van der Waals surface area contributed by atoms with Gasteiger partial charge < -0.3 is 15.5 Å². The molecule has 0 bridgehead atoms. The van der Waals surface area contributed by atoms with Gasteiger partial charge in [0.25, 0.3) is 0 Å². The number of aromatic nitrogens is 2. The molecule has 1 aromatic heterocycles. The fourth-order valence-electron chi connectivity index (χ4n) is 4.23. The Morgan fingerprint density at radius 1 is 0.968 bits per heavy atom. The van der Waals surface area contributed by atoms with E-state index in [1.165, 1.54) is 12.1 Å². The molecule has 7 heteroatoms. The summed E-state index contributed by atoms with van der Waals surface area (Å²) < 4.78 is 26.3. The number of benzene rings is 2. The molecule has 1 aliphatic rings. The van der Waals surface area contributed by atoms with Crippen LogP contribution in [0.3, 0.4) is 0 Å². The zero-order valence-electron chi connectivity index (χ0n) is 18.0. The van der Waals surface area contributed by atoms with E-state index in [1.54, 1.807) is 6.07 Å². The number of halogens is 2. The zero-order chi connectivity index (χ0) is 21.8. The second kappa shape index (κ2) is 9.56. The third-order valence-electron chi connectivity index (χ3n) is 5.93. The minimum atomic E-state index is -0.803. The molecule has 0 atom stereocenters. The van der Waals surface area contributed by atoms with Crippen LogP contribution in [0.2, 0.25) is 0 Å². The highest BCUT2D eigenvalue weighted by molar-refractivity contribution is 5.90. The van der Waals surface area contributed by atoms with Gasteiger partial charge in [-0.1, -0.05) is 18.2 Å². The number of hydrogen-bond donors (Lipinski definition) is 2. The average Bonchev–Trinajstić information content (AvgIpc) is 2.77. The van der Waals surface area contributed by atoms with Crippen LogP contribution in [0.15, 0.2) is 42.5 Å². The third kappa shape index (κ3) is 5.28. The molecule has 0 unspecified atom stereocenters. The van der Waals surface area contributed by atoms with Crippen LogP contribution in [0.1, 0.15) is 31.2 Å². The van der Waals surface area contributed by atoms with E-state index in [1.807, 2.05) is 43.3 Å². The second-order valence-corrected chi connectivity index (χ2v) is 8.52. The lowest BCUT2D eigenvalue weighted by molar-refractivity contribution is 0.323. The fourth-order valence-corrected chi connectivity index (χ4v) is 4.23. The van der Waals surface area contributed by atoms with Crippen LogP contribution in [0.25, 0.3) is 10.9 Å². The molecule has 4 rings (SSSR count). The summed E-state index contributed by atoms with van der Waals surface area (Å²) >= 11 is 0. The van der Waals surface area contributed by atoms with E-state index in [4.69, 9.17) is 9.97 Å². The molecule has 1 heterocycles. The summed E-state index contributed by atoms with van der Waals surface area (Å²) in [6.45, 7) is 1.43. The van der Waals surface area contributed by atoms with Crippen molar-refractivity contribution in [1.29, 1.82) is 0 Å². The SMILES string of the molecule is CN(C)c1nc(N[C@H]2CC[C@@H](CNCc3ccc(F)c(F)c3)CC2)nc2ccccc12. The number of nitrogens with zero attached hydrogens (tertiary/aromatic N) is 3. The summed E-state index contributed by atoms with van der Waals surface area (Å²) in [5.74, 6) is 0.589. The van der Waals surface area contributed by atoms with E-state index in [9.17, 15) is 8.78 Å².